The van der Waals surface area contributed by atoms with Gasteiger partial charge < -0.3 is 0 Å². The predicted molar refractivity (Wildman–Crippen MR) is 78.5 cm³/mol. The van der Waals surface area contributed by atoms with Crippen LogP contribution in [0, 0.1) is 0 Å². The lowest BCUT2D eigenvalue weighted by atomic mass is 10.1. The van der Waals surface area contributed by atoms with Crippen molar-refractivity contribution in [2.24, 2.45) is 0 Å². The van der Waals surface area contributed by atoms with Crippen LogP contribution in [-0.4, -0.2) is 9.97 Å². The van der Waals surface area contributed by atoms with E-state index in [9.17, 15) is 0 Å². The second-order valence-electron chi connectivity index (χ2n) is 3.77. The first-order valence-electron chi connectivity index (χ1n) is 5.44. The Morgan fingerprint density at radius 2 is 1.61 bits per heavy atom. The molecular formula is C14H9BrN2S. The van der Waals surface area contributed by atoms with Crippen LogP contribution < -0.4 is 0 Å². The van der Waals surface area contributed by atoms with Gasteiger partial charge in [0.1, 0.15) is 0 Å². The zero-order chi connectivity index (χ0) is 12.4. The molecule has 88 valence electrons. The number of halogens is 1. The van der Waals surface area contributed by atoms with Gasteiger partial charge in [-0.25, -0.2) is 0 Å². The Morgan fingerprint density at radius 1 is 0.944 bits per heavy atom. The predicted octanol–water partition coefficient (Wildman–Crippen LogP) is 4.63. The van der Waals surface area contributed by atoms with Crippen molar-refractivity contribution in [1.82, 2.24) is 9.97 Å². The number of nitrogens with zero attached hydrogens (tertiary/aromatic N) is 2. The average molecular weight is 317 g/mol. The molecule has 3 aromatic rings. The average Bonchev–Trinajstić information content (AvgIpc) is 2.83. The third-order valence-electron chi connectivity index (χ3n) is 2.62. The fourth-order valence-electron chi connectivity index (χ4n) is 1.83. The molecule has 0 amide bonds. The minimum absolute atomic E-state index is 1.10. The third kappa shape index (κ3) is 2.09. The molecule has 0 unspecified atom stereocenters. The van der Waals surface area contributed by atoms with E-state index in [-0.39, 0.29) is 0 Å². The van der Waals surface area contributed by atoms with Gasteiger partial charge in [0.25, 0.3) is 0 Å². The summed E-state index contributed by atoms with van der Waals surface area (Å²) in [6.45, 7) is 0. The molecule has 0 fully saturated rings. The minimum Gasteiger partial charge on any atom is -0.264 e. The van der Waals surface area contributed by atoms with Gasteiger partial charge >= 0.3 is 0 Å². The topological polar surface area (TPSA) is 25.8 Å². The van der Waals surface area contributed by atoms with Gasteiger partial charge in [-0.3, -0.25) is 9.97 Å². The van der Waals surface area contributed by atoms with Crippen molar-refractivity contribution in [2.45, 2.75) is 0 Å². The first-order valence-corrected chi connectivity index (χ1v) is 7.11. The van der Waals surface area contributed by atoms with Gasteiger partial charge in [0, 0.05) is 56.2 Å². The molecule has 18 heavy (non-hydrogen) atoms. The molecule has 0 radical (unpaired) electrons. The Labute approximate surface area is 117 Å². The van der Waals surface area contributed by atoms with Crippen molar-refractivity contribution in [1.29, 1.82) is 0 Å². The van der Waals surface area contributed by atoms with Crippen molar-refractivity contribution in [2.75, 3.05) is 0 Å². The second-order valence-corrected chi connectivity index (χ2v) is 5.51. The number of aromatic nitrogens is 2. The van der Waals surface area contributed by atoms with Crippen LogP contribution in [0.2, 0.25) is 0 Å². The first-order chi connectivity index (χ1) is 8.86. The Hall–Kier alpha value is -1.52. The molecule has 3 rings (SSSR count). The van der Waals surface area contributed by atoms with Gasteiger partial charge in [-0.1, -0.05) is 12.1 Å². The second kappa shape index (κ2) is 5.00. The van der Waals surface area contributed by atoms with E-state index >= 15 is 0 Å². The molecule has 0 spiro atoms. The first kappa shape index (κ1) is 11.6. The summed E-state index contributed by atoms with van der Waals surface area (Å²) in [4.78, 5) is 9.58. The molecule has 3 aromatic heterocycles. The monoisotopic (exact) mass is 316 g/mol. The molecule has 3 heterocycles. The highest BCUT2D eigenvalue weighted by molar-refractivity contribution is 9.10. The van der Waals surface area contributed by atoms with Gasteiger partial charge in [0.2, 0.25) is 0 Å². The molecule has 0 aromatic carbocycles. The Kier molecular flexibility index (Phi) is 3.21. The molecule has 0 aliphatic rings. The third-order valence-corrected chi connectivity index (χ3v) is 4.58. The SMILES string of the molecule is Brc1csc(-c2cccnc2)c1-c1cccnc1. The summed E-state index contributed by atoms with van der Waals surface area (Å²) in [6, 6.07) is 8.05. The standard InChI is InChI=1S/C14H9BrN2S/c15-12-9-18-14(11-4-2-6-17-8-11)13(12)10-3-1-5-16-7-10/h1-9H. The van der Waals surface area contributed by atoms with Gasteiger partial charge in [-0.05, 0) is 28.1 Å². The van der Waals surface area contributed by atoms with Crippen molar-refractivity contribution >= 4 is 27.3 Å². The fourth-order valence-corrected chi connectivity index (χ4v) is 3.61. The molecule has 0 bridgehead atoms. The zero-order valence-electron chi connectivity index (χ0n) is 9.38. The Morgan fingerprint density at radius 3 is 2.22 bits per heavy atom. The number of rotatable bonds is 2. The van der Waals surface area contributed by atoms with E-state index in [0.717, 1.165) is 15.6 Å². The van der Waals surface area contributed by atoms with E-state index in [2.05, 4.69) is 43.4 Å². The van der Waals surface area contributed by atoms with E-state index in [4.69, 9.17) is 0 Å². The summed E-state index contributed by atoms with van der Waals surface area (Å²) < 4.78 is 1.10. The van der Waals surface area contributed by atoms with Crippen molar-refractivity contribution < 1.29 is 0 Å². The number of thiophene rings is 1. The number of pyridine rings is 2. The normalized spacial score (nSPS) is 10.5. The summed E-state index contributed by atoms with van der Waals surface area (Å²) in [5.41, 5.74) is 3.43. The van der Waals surface area contributed by atoms with Crippen LogP contribution in [0.15, 0.2) is 58.9 Å². The molecule has 0 atom stereocenters. The highest BCUT2D eigenvalue weighted by Gasteiger charge is 2.13. The summed E-state index contributed by atoms with van der Waals surface area (Å²) >= 11 is 5.32. The van der Waals surface area contributed by atoms with Crippen LogP contribution >= 0.6 is 27.3 Å². The Balaban J connectivity index is 2.19. The summed E-state index contributed by atoms with van der Waals surface area (Å²) in [5, 5.41) is 2.10. The lowest BCUT2D eigenvalue weighted by Crippen LogP contribution is -1.82. The van der Waals surface area contributed by atoms with Crippen molar-refractivity contribution in [3.05, 3.63) is 58.9 Å². The van der Waals surface area contributed by atoms with Gasteiger partial charge in [0.05, 0.1) is 0 Å². The molecule has 2 nitrogen and oxygen atoms in total. The van der Waals surface area contributed by atoms with Crippen LogP contribution in [0.4, 0.5) is 0 Å². The molecule has 0 N–H and O–H groups in total. The molecule has 0 aliphatic heterocycles. The van der Waals surface area contributed by atoms with Crippen molar-refractivity contribution in [3.63, 3.8) is 0 Å². The summed E-state index contributed by atoms with van der Waals surface area (Å²) in [5.74, 6) is 0. The maximum atomic E-state index is 4.18. The van der Waals surface area contributed by atoms with Crippen LogP contribution in [-0.2, 0) is 0 Å². The highest BCUT2D eigenvalue weighted by Crippen LogP contribution is 2.42. The van der Waals surface area contributed by atoms with Gasteiger partial charge in [-0.15, -0.1) is 11.3 Å². The lowest BCUT2D eigenvalue weighted by molar-refractivity contribution is 1.32. The van der Waals surface area contributed by atoms with Crippen LogP contribution in [0.5, 0.6) is 0 Å². The fraction of sp³-hybridized carbons (Fsp3) is 0. The van der Waals surface area contributed by atoms with Gasteiger partial charge in [0.15, 0.2) is 0 Å². The summed E-state index contributed by atoms with van der Waals surface area (Å²) in [6.07, 6.45) is 7.34. The Bertz CT molecular complexity index is 650. The maximum absolute atomic E-state index is 4.18. The number of hydrogen-bond acceptors (Lipinski definition) is 3. The van der Waals surface area contributed by atoms with E-state index < -0.39 is 0 Å². The molecule has 0 saturated heterocycles. The van der Waals surface area contributed by atoms with E-state index in [1.807, 2.05) is 24.5 Å². The largest absolute Gasteiger partial charge is 0.264 e. The van der Waals surface area contributed by atoms with E-state index in [1.165, 1.54) is 10.4 Å². The molecule has 0 aliphatic carbocycles. The van der Waals surface area contributed by atoms with E-state index in [0.29, 0.717) is 0 Å². The molecule has 4 heteroatoms. The lowest BCUT2D eigenvalue weighted by Gasteiger charge is -2.04. The molecule has 0 saturated carbocycles. The minimum atomic E-state index is 1.10. The molecular weight excluding hydrogens is 308 g/mol. The van der Waals surface area contributed by atoms with Crippen molar-refractivity contribution in [3.8, 4) is 21.6 Å². The van der Waals surface area contributed by atoms with Gasteiger partial charge in [-0.2, -0.15) is 0 Å². The maximum Gasteiger partial charge on any atom is 0.0448 e. The zero-order valence-corrected chi connectivity index (χ0v) is 11.8. The van der Waals surface area contributed by atoms with Crippen LogP contribution in [0.3, 0.4) is 0 Å². The van der Waals surface area contributed by atoms with E-state index in [1.54, 1.807) is 23.7 Å². The highest BCUT2D eigenvalue weighted by atomic mass is 79.9. The number of hydrogen-bond donors (Lipinski definition) is 0. The van der Waals surface area contributed by atoms with Crippen LogP contribution in [0.25, 0.3) is 21.6 Å². The quantitative estimate of drug-likeness (QED) is 0.688. The van der Waals surface area contributed by atoms with Crippen LogP contribution in [0.1, 0.15) is 0 Å². The summed E-state index contributed by atoms with van der Waals surface area (Å²) in [7, 11) is 0. The smallest absolute Gasteiger partial charge is 0.0448 e.